The lowest BCUT2D eigenvalue weighted by Gasteiger charge is -2.31. The van der Waals surface area contributed by atoms with Crippen LogP contribution >= 0.6 is 0 Å². The van der Waals surface area contributed by atoms with Crippen LogP contribution in [0.3, 0.4) is 0 Å². The summed E-state index contributed by atoms with van der Waals surface area (Å²) in [6, 6.07) is 16.4. The molecule has 35 heavy (non-hydrogen) atoms. The van der Waals surface area contributed by atoms with E-state index in [4.69, 9.17) is 0 Å². The second-order valence-corrected chi connectivity index (χ2v) is 11.1. The highest BCUT2D eigenvalue weighted by atomic mass is 32.2. The molecule has 1 N–H and O–H groups in total. The predicted octanol–water partition coefficient (Wildman–Crippen LogP) is 3.90. The number of likely N-dealkylation sites (N-methyl/N-ethyl adjacent to an activating group) is 1. The van der Waals surface area contributed by atoms with Crippen molar-refractivity contribution in [2.75, 3.05) is 26.0 Å². The van der Waals surface area contributed by atoms with Crippen molar-refractivity contribution in [3.63, 3.8) is 0 Å². The monoisotopic (exact) mass is 495 g/mol. The van der Waals surface area contributed by atoms with Crippen LogP contribution in [0, 0.1) is 0 Å². The number of hydrogen-bond acceptors (Lipinski definition) is 5. The van der Waals surface area contributed by atoms with Gasteiger partial charge in [0.2, 0.25) is 15.9 Å². The number of nitrogens with zero attached hydrogens (tertiary/aromatic N) is 4. The average molecular weight is 496 g/mol. The van der Waals surface area contributed by atoms with E-state index in [0.717, 1.165) is 43.4 Å². The second kappa shape index (κ2) is 11.2. The highest BCUT2D eigenvalue weighted by Gasteiger charge is 2.31. The molecule has 0 unspecified atom stereocenters. The van der Waals surface area contributed by atoms with Gasteiger partial charge in [0.15, 0.2) is 0 Å². The van der Waals surface area contributed by atoms with Gasteiger partial charge in [-0.25, -0.2) is 13.1 Å². The van der Waals surface area contributed by atoms with Crippen molar-refractivity contribution in [1.29, 1.82) is 0 Å². The SMILES string of the molecule is CN(CC(=O)Nc1ccccc1S(=O)(=O)N(C)C1CCCCC1)Cc1cnn(-c2ccccc2)c1. The normalized spacial score (nSPS) is 15.0. The minimum absolute atomic E-state index is 0.000410. The largest absolute Gasteiger partial charge is 0.324 e. The van der Waals surface area contributed by atoms with E-state index in [1.165, 1.54) is 4.31 Å². The number of sulfonamides is 1. The van der Waals surface area contributed by atoms with Gasteiger partial charge in [0, 0.05) is 31.4 Å². The first-order valence-corrected chi connectivity index (χ1v) is 13.4. The molecule has 1 aliphatic carbocycles. The van der Waals surface area contributed by atoms with Crippen LogP contribution in [-0.2, 0) is 21.4 Å². The van der Waals surface area contributed by atoms with Gasteiger partial charge in [0.1, 0.15) is 4.90 Å². The van der Waals surface area contributed by atoms with Crippen LogP contribution in [-0.4, -0.2) is 60.0 Å². The zero-order valence-electron chi connectivity index (χ0n) is 20.3. The molecule has 1 saturated carbocycles. The minimum Gasteiger partial charge on any atom is -0.324 e. The summed E-state index contributed by atoms with van der Waals surface area (Å²) in [5.41, 5.74) is 2.25. The number of aromatic nitrogens is 2. The first kappa shape index (κ1) is 25.1. The van der Waals surface area contributed by atoms with E-state index in [-0.39, 0.29) is 23.4 Å². The van der Waals surface area contributed by atoms with Crippen LogP contribution in [0.4, 0.5) is 5.69 Å². The van der Waals surface area contributed by atoms with E-state index in [1.54, 1.807) is 42.2 Å². The maximum absolute atomic E-state index is 13.4. The quantitative estimate of drug-likeness (QED) is 0.487. The van der Waals surface area contributed by atoms with Gasteiger partial charge in [-0.1, -0.05) is 49.6 Å². The number of para-hydroxylation sites is 2. The van der Waals surface area contributed by atoms with Crippen LogP contribution in [0.25, 0.3) is 5.69 Å². The van der Waals surface area contributed by atoms with Crippen molar-refractivity contribution in [2.45, 2.75) is 49.6 Å². The lowest BCUT2D eigenvalue weighted by molar-refractivity contribution is -0.117. The molecule has 9 heteroatoms. The summed E-state index contributed by atoms with van der Waals surface area (Å²) < 4.78 is 30.0. The molecule has 2 aromatic carbocycles. The van der Waals surface area contributed by atoms with Crippen LogP contribution in [0.1, 0.15) is 37.7 Å². The number of amides is 1. The van der Waals surface area contributed by atoms with E-state index >= 15 is 0 Å². The highest BCUT2D eigenvalue weighted by molar-refractivity contribution is 7.89. The third-order valence-corrected chi connectivity index (χ3v) is 8.40. The van der Waals surface area contributed by atoms with Gasteiger partial charge in [-0.15, -0.1) is 0 Å². The molecule has 1 heterocycles. The molecule has 8 nitrogen and oxygen atoms in total. The number of rotatable bonds is 9. The van der Waals surface area contributed by atoms with Crippen LogP contribution in [0.5, 0.6) is 0 Å². The summed E-state index contributed by atoms with van der Waals surface area (Å²) in [5.74, 6) is -0.272. The fraction of sp³-hybridized carbons (Fsp3) is 0.385. The predicted molar refractivity (Wildman–Crippen MR) is 137 cm³/mol. The molecule has 0 aliphatic heterocycles. The Morgan fingerprint density at radius 1 is 1.03 bits per heavy atom. The molecule has 1 aliphatic rings. The summed E-state index contributed by atoms with van der Waals surface area (Å²) in [6.07, 6.45) is 8.69. The van der Waals surface area contributed by atoms with Crippen molar-refractivity contribution >= 4 is 21.6 Å². The zero-order valence-corrected chi connectivity index (χ0v) is 21.1. The first-order valence-electron chi connectivity index (χ1n) is 12.0. The molecule has 0 radical (unpaired) electrons. The molecule has 1 fully saturated rings. The summed E-state index contributed by atoms with van der Waals surface area (Å²) in [7, 11) is -0.229. The third-order valence-electron chi connectivity index (χ3n) is 6.43. The number of anilines is 1. The molecule has 0 saturated heterocycles. The Morgan fingerprint density at radius 2 is 1.71 bits per heavy atom. The molecule has 186 valence electrons. The number of benzene rings is 2. The Kier molecular flexibility index (Phi) is 8.00. The fourth-order valence-corrected chi connectivity index (χ4v) is 6.12. The van der Waals surface area contributed by atoms with Crippen LogP contribution in [0.15, 0.2) is 71.9 Å². The van der Waals surface area contributed by atoms with Crippen molar-refractivity contribution in [1.82, 2.24) is 19.0 Å². The van der Waals surface area contributed by atoms with Gasteiger partial charge in [0.05, 0.1) is 24.1 Å². The van der Waals surface area contributed by atoms with E-state index in [2.05, 4.69) is 10.4 Å². The standard InChI is InChI=1S/C26H33N5O3S/c1-29(18-21-17-27-31(19-21)23-13-7-4-8-14-23)20-26(32)28-24-15-9-10-16-25(24)35(33,34)30(2)22-11-5-3-6-12-22/h4,7-10,13-17,19,22H,3,5-6,11-12,18,20H2,1-2H3,(H,28,32). The second-order valence-electron chi connectivity index (χ2n) is 9.16. The molecule has 4 rings (SSSR count). The molecule has 1 amide bonds. The average Bonchev–Trinajstić information content (AvgIpc) is 3.33. The van der Waals surface area contributed by atoms with Crippen molar-refractivity contribution in [3.8, 4) is 5.69 Å². The fourth-order valence-electron chi connectivity index (χ4n) is 4.56. The topological polar surface area (TPSA) is 87.5 Å². The summed E-state index contributed by atoms with van der Waals surface area (Å²) in [4.78, 5) is 14.8. The summed E-state index contributed by atoms with van der Waals surface area (Å²) in [5, 5.41) is 7.21. The van der Waals surface area contributed by atoms with E-state index in [0.29, 0.717) is 12.2 Å². The Bertz CT molecular complexity index is 1240. The molecular formula is C26H33N5O3S. The summed E-state index contributed by atoms with van der Waals surface area (Å²) in [6.45, 7) is 0.647. The minimum atomic E-state index is -3.72. The van der Waals surface area contributed by atoms with Crippen molar-refractivity contribution in [3.05, 3.63) is 72.6 Å². The lowest BCUT2D eigenvalue weighted by atomic mass is 9.96. The van der Waals surface area contributed by atoms with Crippen molar-refractivity contribution in [2.24, 2.45) is 0 Å². The molecule has 0 spiro atoms. The third kappa shape index (κ3) is 6.17. The number of carbonyl (C=O) groups excluding carboxylic acids is 1. The number of carbonyl (C=O) groups is 1. The van der Waals surface area contributed by atoms with E-state index < -0.39 is 10.0 Å². The van der Waals surface area contributed by atoms with Crippen molar-refractivity contribution < 1.29 is 13.2 Å². The molecule has 3 aromatic rings. The molecule has 1 aromatic heterocycles. The Labute approximate surface area is 207 Å². The maximum Gasteiger partial charge on any atom is 0.245 e. The smallest absolute Gasteiger partial charge is 0.245 e. The first-order chi connectivity index (χ1) is 16.8. The van der Waals surface area contributed by atoms with E-state index in [1.807, 2.05) is 48.5 Å². The Morgan fingerprint density at radius 3 is 2.46 bits per heavy atom. The summed E-state index contributed by atoms with van der Waals surface area (Å²) >= 11 is 0. The molecule has 0 bridgehead atoms. The highest BCUT2D eigenvalue weighted by Crippen LogP contribution is 2.29. The zero-order chi connectivity index (χ0) is 24.8. The Hall–Kier alpha value is -3.01. The number of hydrogen-bond donors (Lipinski definition) is 1. The Balaban J connectivity index is 1.39. The molecule has 0 atom stereocenters. The van der Waals surface area contributed by atoms with Crippen LogP contribution < -0.4 is 5.32 Å². The van der Waals surface area contributed by atoms with Gasteiger partial charge >= 0.3 is 0 Å². The van der Waals surface area contributed by atoms with Gasteiger partial charge < -0.3 is 5.32 Å². The van der Waals surface area contributed by atoms with Crippen LogP contribution in [0.2, 0.25) is 0 Å². The maximum atomic E-state index is 13.4. The van der Waals surface area contributed by atoms with Gasteiger partial charge in [-0.3, -0.25) is 9.69 Å². The number of nitrogens with one attached hydrogen (secondary N) is 1. The van der Waals surface area contributed by atoms with Gasteiger partial charge in [-0.2, -0.15) is 9.40 Å². The molecular weight excluding hydrogens is 462 g/mol. The van der Waals surface area contributed by atoms with Gasteiger partial charge in [-0.05, 0) is 44.2 Å². The lowest BCUT2D eigenvalue weighted by Crippen LogP contribution is -2.38. The van der Waals surface area contributed by atoms with Gasteiger partial charge in [0.25, 0.3) is 0 Å². The van der Waals surface area contributed by atoms with E-state index in [9.17, 15) is 13.2 Å².